The van der Waals surface area contributed by atoms with Crippen molar-refractivity contribution < 1.29 is 14.3 Å². The molecule has 0 bridgehead atoms. The number of allylic oxidation sites excluding steroid dienone is 1. The molecule has 0 unspecified atom stereocenters. The number of carbonyl (C=O) groups is 2. The highest BCUT2D eigenvalue weighted by molar-refractivity contribution is 5.90. The lowest BCUT2D eigenvalue weighted by Gasteiger charge is -2.31. The molecule has 2 N–H and O–H groups in total. The molecule has 0 saturated heterocycles. The number of rotatable bonds is 13. The van der Waals surface area contributed by atoms with E-state index in [0.29, 0.717) is 31.9 Å². The lowest BCUT2D eigenvalue weighted by molar-refractivity contribution is -0.132. The first-order valence-corrected chi connectivity index (χ1v) is 13.6. The van der Waals surface area contributed by atoms with Gasteiger partial charge in [0.2, 0.25) is 11.8 Å². The molecule has 0 saturated carbocycles. The number of benzene rings is 2. The van der Waals surface area contributed by atoms with Crippen molar-refractivity contribution in [1.82, 2.24) is 15.5 Å². The minimum Gasteiger partial charge on any atom is -0.489 e. The molecule has 0 heterocycles. The molecule has 2 amide bonds. The van der Waals surface area contributed by atoms with E-state index in [1.54, 1.807) is 0 Å². The second kappa shape index (κ2) is 14.7. The summed E-state index contributed by atoms with van der Waals surface area (Å²) in [7, 11) is 1.96. The second-order valence-corrected chi connectivity index (χ2v) is 11.8. The number of nitrogens with zero attached hydrogens (tertiary/aromatic N) is 1. The minimum absolute atomic E-state index is 0.125. The van der Waals surface area contributed by atoms with Gasteiger partial charge in [0.15, 0.2) is 0 Å². The van der Waals surface area contributed by atoms with Crippen LogP contribution in [0.15, 0.2) is 66.2 Å². The van der Waals surface area contributed by atoms with Gasteiger partial charge in [-0.25, -0.2) is 0 Å². The third-order valence-electron chi connectivity index (χ3n) is 6.06. The predicted molar refractivity (Wildman–Crippen MR) is 156 cm³/mol. The maximum atomic E-state index is 13.5. The Hall–Kier alpha value is -3.12. The summed E-state index contributed by atoms with van der Waals surface area (Å²) >= 11 is 0. The average Bonchev–Trinajstić information content (AvgIpc) is 2.84. The van der Waals surface area contributed by atoms with Crippen LogP contribution in [0, 0.1) is 5.92 Å². The zero-order valence-electron chi connectivity index (χ0n) is 24.5. The van der Waals surface area contributed by atoms with E-state index < -0.39 is 11.6 Å². The van der Waals surface area contributed by atoms with Crippen LogP contribution in [0.2, 0.25) is 0 Å². The molecule has 0 aromatic heterocycles. The molecule has 2 rings (SSSR count). The number of ether oxygens (including phenoxy) is 1. The molecule has 0 aliphatic carbocycles. The van der Waals surface area contributed by atoms with Gasteiger partial charge in [0, 0.05) is 18.5 Å². The van der Waals surface area contributed by atoms with Crippen molar-refractivity contribution >= 4 is 11.8 Å². The van der Waals surface area contributed by atoms with E-state index in [-0.39, 0.29) is 17.9 Å². The van der Waals surface area contributed by atoms with E-state index in [1.807, 2.05) is 82.4 Å². The smallest absolute Gasteiger partial charge is 0.243 e. The number of amides is 2. The topological polar surface area (TPSA) is 70.7 Å². The second-order valence-electron chi connectivity index (χ2n) is 11.8. The Bertz CT molecular complexity index is 1040. The zero-order chi connectivity index (χ0) is 28.3. The van der Waals surface area contributed by atoms with E-state index >= 15 is 0 Å². The quantitative estimate of drug-likeness (QED) is 0.341. The fraction of sp³-hybridized carbons (Fsp3) is 0.500. The van der Waals surface area contributed by atoms with Crippen LogP contribution in [0.1, 0.15) is 66.0 Å². The monoisotopic (exact) mass is 521 g/mol. The van der Waals surface area contributed by atoms with Crippen molar-refractivity contribution in [3.8, 4) is 5.75 Å². The molecular weight excluding hydrogens is 474 g/mol. The first-order valence-electron chi connectivity index (χ1n) is 13.6. The van der Waals surface area contributed by atoms with Crippen LogP contribution < -0.4 is 15.4 Å². The van der Waals surface area contributed by atoms with Gasteiger partial charge in [-0.05, 0) is 77.3 Å². The molecule has 6 nitrogen and oxygen atoms in total. The van der Waals surface area contributed by atoms with Crippen molar-refractivity contribution in [2.24, 2.45) is 5.92 Å². The first kappa shape index (κ1) is 31.1. The number of likely N-dealkylation sites (N-methyl/N-ethyl adjacent to an activating group) is 1. The summed E-state index contributed by atoms with van der Waals surface area (Å²) in [5.74, 6) is 0.783. The fourth-order valence-corrected chi connectivity index (χ4v) is 4.02. The zero-order valence-corrected chi connectivity index (χ0v) is 24.5. The van der Waals surface area contributed by atoms with Gasteiger partial charge in [-0.2, -0.15) is 0 Å². The Balaban J connectivity index is 2.16. The molecule has 2 aromatic rings. The van der Waals surface area contributed by atoms with Gasteiger partial charge in [-0.1, -0.05) is 68.0 Å². The molecule has 2 aromatic carbocycles. The maximum absolute atomic E-state index is 13.5. The Morgan fingerprint density at radius 3 is 2.13 bits per heavy atom. The summed E-state index contributed by atoms with van der Waals surface area (Å²) in [4.78, 5) is 28.9. The van der Waals surface area contributed by atoms with Crippen molar-refractivity contribution in [1.29, 1.82) is 0 Å². The molecule has 0 fully saturated rings. The summed E-state index contributed by atoms with van der Waals surface area (Å²) in [6.45, 7) is 15.3. The molecule has 0 aliphatic heterocycles. The Morgan fingerprint density at radius 2 is 1.58 bits per heavy atom. The molecule has 0 spiro atoms. The molecule has 38 heavy (non-hydrogen) atoms. The van der Waals surface area contributed by atoms with E-state index in [4.69, 9.17) is 4.74 Å². The number of nitrogens with one attached hydrogen (secondary N) is 2. The van der Waals surface area contributed by atoms with Crippen molar-refractivity contribution in [2.45, 2.75) is 85.5 Å². The van der Waals surface area contributed by atoms with Gasteiger partial charge in [-0.3, -0.25) is 14.5 Å². The highest BCUT2D eigenvalue weighted by Gasteiger charge is 2.30. The van der Waals surface area contributed by atoms with Gasteiger partial charge in [0.25, 0.3) is 0 Å². The Labute approximate surface area is 229 Å². The molecule has 0 aliphatic rings. The summed E-state index contributed by atoms with van der Waals surface area (Å²) in [5.41, 5.74) is 2.85. The van der Waals surface area contributed by atoms with Crippen LogP contribution in [0.3, 0.4) is 0 Å². The van der Waals surface area contributed by atoms with E-state index in [9.17, 15) is 9.59 Å². The Kier molecular flexibility index (Phi) is 12.0. The summed E-state index contributed by atoms with van der Waals surface area (Å²) in [5, 5.41) is 6.12. The van der Waals surface area contributed by atoms with Crippen molar-refractivity contribution in [3.05, 3.63) is 77.4 Å². The largest absolute Gasteiger partial charge is 0.489 e. The van der Waals surface area contributed by atoms with Crippen LogP contribution in [0.5, 0.6) is 5.75 Å². The standard InChI is InChI=1S/C32H47N3O3/c1-23(2)18-19-35(8)29(20-24(3)4)31(37)33-28(30(36)34-32(5,6)7)21-25-14-16-27(17-15-25)38-22-26-12-10-9-11-13-26/h9-18,24,28-29H,19-22H2,1-8H3,(H,33,37)(H,34,36)/t28-,29+/m0/s1. The number of hydrogen-bond acceptors (Lipinski definition) is 4. The summed E-state index contributed by atoms with van der Waals surface area (Å²) < 4.78 is 5.91. The van der Waals surface area contributed by atoms with Crippen LogP contribution in [-0.2, 0) is 22.6 Å². The van der Waals surface area contributed by atoms with Gasteiger partial charge in [-0.15, -0.1) is 0 Å². The van der Waals surface area contributed by atoms with Crippen LogP contribution in [0.4, 0.5) is 0 Å². The third kappa shape index (κ3) is 11.5. The van der Waals surface area contributed by atoms with Crippen LogP contribution in [0.25, 0.3) is 0 Å². The summed E-state index contributed by atoms with van der Waals surface area (Å²) in [6.07, 6.45) is 3.21. The van der Waals surface area contributed by atoms with Gasteiger partial charge in [0.1, 0.15) is 18.4 Å². The normalized spacial score (nSPS) is 13.1. The predicted octanol–water partition coefficient (Wildman–Crippen LogP) is 5.52. The van der Waals surface area contributed by atoms with Crippen molar-refractivity contribution in [3.63, 3.8) is 0 Å². The van der Waals surface area contributed by atoms with Gasteiger partial charge < -0.3 is 15.4 Å². The minimum atomic E-state index is -0.690. The molecule has 6 heteroatoms. The lowest BCUT2D eigenvalue weighted by Crippen LogP contribution is -2.56. The highest BCUT2D eigenvalue weighted by atomic mass is 16.5. The van der Waals surface area contributed by atoms with Crippen LogP contribution >= 0.6 is 0 Å². The van der Waals surface area contributed by atoms with E-state index in [0.717, 1.165) is 16.9 Å². The SMILES string of the molecule is CC(C)=CCN(C)[C@H](CC(C)C)C(=O)N[C@@H](Cc1ccc(OCc2ccccc2)cc1)C(=O)NC(C)(C)C. The number of carbonyl (C=O) groups excluding carboxylic acids is 2. The Morgan fingerprint density at radius 1 is 0.947 bits per heavy atom. The van der Waals surface area contributed by atoms with E-state index in [1.165, 1.54) is 5.57 Å². The summed E-state index contributed by atoms with van der Waals surface area (Å²) in [6, 6.07) is 16.7. The highest BCUT2D eigenvalue weighted by Crippen LogP contribution is 2.17. The molecule has 0 radical (unpaired) electrons. The first-order chi connectivity index (χ1) is 17.8. The van der Waals surface area contributed by atoms with Gasteiger partial charge in [0.05, 0.1) is 6.04 Å². The third-order valence-corrected chi connectivity index (χ3v) is 6.06. The average molecular weight is 522 g/mol. The molecule has 2 atom stereocenters. The molecular formula is C32H47N3O3. The molecule has 208 valence electrons. The van der Waals surface area contributed by atoms with Crippen molar-refractivity contribution in [2.75, 3.05) is 13.6 Å². The fourth-order valence-electron chi connectivity index (χ4n) is 4.02. The lowest BCUT2D eigenvalue weighted by atomic mass is 9.99. The van der Waals surface area contributed by atoms with E-state index in [2.05, 4.69) is 49.3 Å². The maximum Gasteiger partial charge on any atom is 0.243 e. The van der Waals surface area contributed by atoms with Crippen LogP contribution in [-0.4, -0.2) is 47.9 Å². The number of hydrogen-bond donors (Lipinski definition) is 2. The van der Waals surface area contributed by atoms with Gasteiger partial charge >= 0.3 is 0 Å².